The summed E-state index contributed by atoms with van der Waals surface area (Å²) >= 11 is 0. The van der Waals surface area contributed by atoms with E-state index >= 15 is 0 Å². The van der Waals surface area contributed by atoms with Crippen LogP contribution in [0.3, 0.4) is 0 Å². The van der Waals surface area contributed by atoms with Crippen LogP contribution in [0.25, 0.3) is 0 Å². The summed E-state index contributed by atoms with van der Waals surface area (Å²) in [5, 5.41) is 0. The molecule has 2 fully saturated rings. The number of amides is 1. The fraction of sp³-hybridized carbons (Fsp3) is 0.611. The van der Waals surface area contributed by atoms with Crippen LogP contribution in [0.15, 0.2) is 24.3 Å². The summed E-state index contributed by atoms with van der Waals surface area (Å²) in [6.07, 6.45) is 1.65. The molecule has 2 aliphatic heterocycles. The van der Waals surface area contributed by atoms with E-state index in [4.69, 9.17) is 9.47 Å². The number of rotatable bonds is 2. The summed E-state index contributed by atoms with van der Waals surface area (Å²) in [5.41, 5.74) is 1.93. The van der Waals surface area contributed by atoms with E-state index in [2.05, 4.69) is 19.1 Å². The van der Waals surface area contributed by atoms with Crippen molar-refractivity contribution in [3.8, 4) is 0 Å². The molecule has 2 heterocycles. The molecule has 2 aliphatic rings. The Bertz CT molecular complexity index is 537. The van der Waals surface area contributed by atoms with Crippen LogP contribution in [0, 0.1) is 6.92 Å². The van der Waals surface area contributed by atoms with E-state index in [0.29, 0.717) is 32.9 Å². The molecule has 1 aromatic rings. The van der Waals surface area contributed by atoms with Gasteiger partial charge in [-0.15, -0.1) is 0 Å². The smallest absolute Gasteiger partial charge is 0.233 e. The van der Waals surface area contributed by atoms with Crippen LogP contribution >= 0.6 is 0 Å². The van der Waals surface area contributed by atoms with E-state index in [0.717, 1.165) is 12.8 Å². The number of ether oxygens (including phenoxy) is 2. The van der Waals surface area contributed by atoms with Crippen molar-refractivity contribution in [2.24, 2.45) is 0 Å². The Hall–Kier alpha value is -1.39. The zero-order valence-corrected chi connectivity index (χ0v) is 13.5. The van der Waals surface area contributed by atoms with Gasteiger partial charge in [0.1, 0.15) is 0 Å². The Morgan fingerprint density at radius 1 is 1.23 bits per heavy atom. The van der Waals surface area contributed by atoms with E-state index in [1.54, 1.807) is 0 Å². The van der Waals surface area contributed by atoms with Crippen molar-refractivity contribution >= 4 is 5.91 Å². The monoisotopic (exact) mass is 303 g/mol. The second kappa shape index (κ2) is 6.39. The van der Waals surface area contributed by atoms with Crippen molar-refractivity contribution in [2.45, 2.75) is 38.2 Å². The summed E-state index contributed by atoms with van der Waals surface area (Å²) in [7, 11) is 0. The predicted molar refractivity (Wildman–Crippen MR) is 84.9 cm³/mol. The van der Waals surface area contributed by atoms with Gasteiger partial charge in [-0.2, -0.15) is 0 Å². The van der Waals surface area contributed by atoms with Gasteiger partial charge in [0.05, 0.1) is 18.1 Å². The Balaban J connectivity index is 1.95. The number of carbonyl (C=O) groups excluding carboxylic acids is 1. The lowest BCUT2D eigenvalue weighted by Crippen LogP contribution is -2.54. The first-order valence-corrected chi connectivity index (χ1v) is 8.18. The maximum atomic E-state index is 13.4. The van der Waals surface area contributed by atoms with Crippen LogP contribution in [0.4, 0.5) is 0 Å². The standard InChI is InChI=1S/C18H25NO3/c1-14-5-3-4-6-16(14)18(7-10-21-11-8-18)17(20)19-9-12-22-15(2)13-19/h3-6,15H,7-13H2,1-2H3/t15-/m1/s1. The summed E-state index contributed by atoms with van der Waals surface area (Å²) in [5.74, 6) is 0.250. The molecule has 1 amide bonds. The first-order valence-electron chi connectivity index (χ1n) is 8.18. The minimum Gasteiger partial charge on any atom is -0.381 e. The van der Waals surface area contributed by atoms with Crippen LogP contribution in [-0.2, 0) is 19.7 Å². The largest absolute Gasteiger partial charge is 0.381 e. The second-order valence-electron chi connectivity index (χ2n) is 6.44. The molecule has 0 saturated carbocycles. The molecule has 0 bridgehead atoms. The molecule has 0 spiro atoms. The van der Waals surface area contributed by atoms with Crippen molar-refractivity contribution < 1.29 is 14.3 Å². The lowest BCUT2D eigenvalue weighted by atomic mass is 9.71. The van der Waals surface area contributed by atoms with Crippen LogP contribution in [0.1, 0.15) is 30.9 Å². The number of morpholine rings is 1. The molecule has 0 aliphatic carbocycles. The molecular formula is C18H25NO3. The van der Waals surface area contributed by atoms with E-state index in [1.807, 2.05) is 24.0 Å². The molecule has 1 aromatic carbocycles. The number of hydrogen-bond donors (Lipinski definition) is 0. The number of aryl methyl sites for hydroxylation is 1. The maximum Gasteiger partial charge on any atom is 0.233 e. The molecule has 22 heavy (non-hydrogen) atoms. The first-order chi connectivity index (χ1) is 10.6. The van der Waals surface area contributed by atoms with Crippen LogP contribution in [-0.4, -0.2) is 49.8 Å². The molecule has 120 valence electrons. The molecule has 0 unspecified atom stereocenters. The molecule has 0 radical (unpaired) electrons. The van der Waals surface area contributed by atoms with E-state index < -0.39 is 5.41 Å². The fourth-order valence-electron chi connectivity index (χ4n) is 3.73. The Kier molecular flexibility index (Phi) is 4.50. The zero-order valence-electron chi connectivity index (χ0n) is 13.5. The van der Waals surface area contributed by atoms with Gasteiger partial charge >= 0.3 is 0 Å². The molecule has 0 aromatic heterocycles. The molecular weight excluding hydrogens is 278 g/mol. The fourth-order valence-corrected chi connectivity index (χ4v) is 3.73. The highest BCUT2D eigenvalue weighted by atomic mass is 16.5. The number of benzene rings is 1. The Morgan fingerprint density at radius 2 is 1.95 bits per heavy atom. The van der Waals surface area contributed by atoms with Crippen molar-refractivity contribution in [2.75, 3.05) is 32.9 Å². The van der Waals surface area contributed by atoms with E-state index in [1.165, 1.54) is 11.1 Å². The molecule has 0 N–H and O–H groups in total. The van der Waals surface area contributed by atoms with Crippen molar-refractivity contribution in [3.63, 3.8) is 0 Å². The molecule has 4 heteroatoms. The molecule has 2 saturated heterocycles. The van der Waals surface area contributed by atoms with Crippen LogP contribution < -0.4 is 0 Å². The van der Waals surface area contributed by atoms with Gasteiger partial charge in [-0.25, -0.2) is 0 Å². The van der Waals surface area contributed by atoms with Gasteiger partial charge in [0.15, 0.2) is 0 Å². The minimum atomic E-state index is -0.430. The van der Waals surface area contributed by atoms with Crippen molar-refractivity contribution in [3.05, 3.63) is 35.4 Å². The summed E-state index contributed by atoms with van der Waals surface area (Å²) in [6.45, 7) is 7.45. The highest BCUT2D eigenvalue weighted by molar-refractivity contribution is 5.89. The van der Waals surface area contributed by atoms with Gasteiger partial charge < -0.3 is 14.4 Å². The third-order valence-corrected chi connectivity index (χ3v) is 4.94. The predicted octanol–water partition coefficient (Wildman–Crippen LogP) is 2.29. The second-order valence-corrected chi connectivity index (χ2v) is 6.44. The van der Waals surface area contributed by atoms with Crippen molar-refractivity contribution in [1.82, 2.24) is 4.90 Å². The lowest BCUT2D eigenvalue weighted by molar-refractivity contribution is -0.148. The third kappa shape index (κ3) is 2.77. The highest BCUT2D eigenvalue weighted by Crippen LogP contribution is 2.38. The Morgan fingerprint density at radius 3 is 2.64 bits per heavy atom. The average molecular weight is 303 g/mol. The summed E-state index contributed by atoms with van der Waals surface area (Å²) in [4.78, 5) is 15.4. The zero-order chi connectivity index (χ0) is 15.6. The summed E-state index contributed by atoms with van der Waals surface area (Å²) in [6, 6.07) is 8.28. The Labute approximate surface area is 132 Å². The number of carbonyl (C=O) groups is 1. The quantitative estimate of drug-likeness (QED) is 0.841. The normalized spacial score (nSPS) is 25.0. The van der Waals surface area contributed by atoms with Crippen LogP contribution in [0.5, 0.6) is 0 Å². The van der Waals surface area contributed by atoms with Gasteiger partial charge in [0.25, 0.3) is 0 Å². The van der Waals surface area contributed by atoms with E-state index in [9.17, 15) is 4.79 Å². The van der Waals surface area contributed by atoms with E-state index in [-0.39, 0.29) is 12.0 Å². The summed E-state index contributed by atoms with van der Waals surface area (Å²) < 4.78 is 11.1. The minimum absolute atomic E-state index is 0.117. The average Bonchev–Trinajstić information content (AvgIpc) is 2.55. The third-order valence-electron chi connectivity index (χ3n) is 4.94. The van der Waals surface area contributed by atoms with Gasteiger partial charge in [0.2, 0.25) is 5.91 Å². The van der Waals surface area contributed by atoms with Crippen LogP contribution in [0.2, 0.25) is 0 Å². The topological polar surface area (TPSA) is 38.8 Å². The number of hydrogen-bond acceptors (Lipinski definition) is 3. The molecule has 3 rings (SSSR count). The maximum absolute atomic E-state index is 13.4. The molecule has 4 nitrogen and oxygen atoms in total. The molecule has 1 atom stereocenters. The lowest BCUT2D eigenvalue weighted by Gasteiger charge is -2.42. The van der Waals surface area contributed by atoms with Gasteiger partial charge in [-0.3, -0.25) is 4.79 Å². The highest BCUT2D eigenvalue weighted by Gasteiger charge is 2.45. The SMILES string of the molecule is Cc1ccccc1C1(C(=O)N2CCO[C@H](C)C2)CCOCC1. The number of nitrogens with zero attached hydrogens (tertiary/aromatic N) is 1. The van der Waals surface area contributed by atoms with Gasteiger partial charge in [0, 0.05) is 26.3 Å². The van der Waals surface area contributed by atoms with Crippen molar-refractivity contribution in [1.29, 1.82) is 0 Å². The first kappa shape index (κ1) is 15.5. The van der Waals surface area contributed by atoms with Gasteiger partial charge in [-0.1, -0.05) is 24.3 Å². The van der Waals surface area contributed by atoms with Gasteiger partial charge in [-0.05, 0) is 37.8 Å².